The van der Waals surface area contributed by atoms with Crippen LogP contribution in [0.2, 0.25) is 0 Å². The highest BCUT2D eigenvalue weighted by molar-refractivity contribution is 5.62. The third kappa shape index (κ3) is 2.70. The van der Waals surface area contributed by atoms with Crippen LogP contribution < -0.4 is 4.74 Å². The van der Waals surface area contributed by atoms with Gasteiger partial charge in [0.2, 0.25) is 0 Å². The fourth-order valence-corrected chi connectivity index (χ4v) is 2.24. The van der Waals surface area contributed by atoms with E-state index in [1.807, 2.05) is 30.3 Å². The zero-order chi connectivity index (χ0) is 15.5. The van der Waals surface area contributed by atoms with E-state index in [0.717, 1.165) is 5.56 Å². The van der Waals surface area contributed by atoms with E-state index in [-0.39, 0.29) is 5.69 Å². The molecule has 0 saturated heterocycles. The van der Waals surface area contributed by atoms with Crippen molar-refractivity contribution < 1.29 is 13.5 Å². The summed E-state index contributed by atoms with van der Waals surface area (Å²) in [6.45, 7) is 0. The molecular formula is C17H14F2N2O. The van der Waals surface area contributed by atoms with Gasteiger partial charge < -0.3 is 4.74 Å². The van der Waals surface area contributed by atoms with Gasteiger partial charge in [0.25, 0.3) is 6.43 Å². The molecular weight excluding hydrogens is 286 g/mol. The Kier molecular flexibility index (Phi) is 3.87. The fourth-order valence-electron chi connectivity index (χ4n) is 2.24. The molecule has 0 N–H and O–H groups in total. The Morgan fingerprint density at radius 1 is 1.00 bits per heavy atom. The topological polar surface area (TPSA) is 27.1 Å². The normalized spacial score (nSPS) is 10.9. The summed E-state index contributed by atoms with van der Waals surface area (Å²) in [6, 6.07) is 17.9. The van der Waals surface area contributed by atoms with Crippen molar-refractivity contribution >= 4 is 0 Å². The average Bonchev–Trinajstić information content (AvgIpc) is 3.01. The summed E-state index contributed by atoms with van der Waals surface area (Å²) < 4.78 is 32.7. The first-order chi connectivity index (χ1) is 10.7. The molecule has 5 heteroatoms. The maximum absolute atomic E-state index is 13.0. The van der Waals surface area contributed by atoms with Gasteiger partial charge in [-0.25, -0.2) is 13.5 Å². The molecule has 0 unspecified atom stereocenters. The number of ether oxygens (including phenoxy) is 1. The molecule has 0 spiro atoms. The highest BCUT2D eigenvalue weighted by Gasteiger charge is 2.17. The summed E-state index contributed by atoms with van der Waals surface area (Å²) in [5.74, 6) is 0.700. The number of hydrogen-bond donors (Lipinski definition) is 0. The molecule has 0 bridgehead atoms. The molecule has 0 aliphatic carbocycles. The fraction of sp³-hybridized carbons (Fsp3) is 0.118. The van der Waals surface area contributed by atoms with Gasteiger partial charge in [-0.2, -0.15) is 5.10 Å². The van der Waals surface area contributed by atoms with E-state index >= 15 is 0 Å². The highest BCUT2D eigenvalue weighted by atomic mass is 19.3. The van der Waals surface area contributed by atoms with E-state index in [9.17, 15) is 8.78 Å². The van der Waals surface area contributed by atoms with Crippen LogP contribution in [0.5, 0.6) is 5.75 Å². The summed E-state index contributed by atoms with van der Waals surface area (Å²) >= 11 is 0. The number of benzene rings is 2. The molecule has 0 radical (unpaired) electrons. The van der Waals surface area contributed by atoms with E-state index in [0.29, 0.717) is 17.1 Å². The van der Waals surface area contributed by atoms with Crippen LogP contribution in [0, 0.1) is 0 Å². The predicted octanol–water partition coefficient (Wildman–Crippen LogP) is 4.49. The van der Waals surface area contributed by atoms with E-state index in [4.69, 9.17) is 4.74 Å². The van der Waals surface area contributed by atoms with Crippen molar-refractivity contribution in [2.75, 3.05) is 7.11 Å². The zero-order valence-corrected chi connectivity index (χ0v) is 11.9. The first kappa shape index (κ1) is 14.3. The summed E-state index contributed by atoms with van der Waals surface area (Å²) in [7, 11) is 1.58. The van der Waals surface area contributed by atoms with Crippen molar-refractivity contribution in [2.24, 2.45) is 0 Å². The Morgan fingerprint density at radius 2 is 1.68 bits per heavy atom. The smallest absolute Gasteiger partial charge is 0.282 e. The molecule has 0 fully saturated rings. The lowest BCUT2D eigenvalue weighted by Crippen LogP contribution is -2.00. The maximum Gasteiger partial charge on any atom is 0.282 e. The number of methoxy groups -OCH3 is 1. The van der Waals surface area contributed by atoms with Gasteiger partial charge in [0.05, 0.1) is 18.5 Å². The van der Waals surface area contributed by atoms with E-state index < -0.39 is 6.43 Å². The summed E-state index contributed by atoms with van der Waals surface area (Å²) in [4.78, 5) is 0. The maximum atomic E-state index is 13.0. The minimum Gasteiger partial charge on any atom is -0.497 e. The molecule has 22 heavy (non-hydrogen) atoms. The molecule has 3 rings (SSSR count). The van der Waals surface area contributed by atoms with Gasteiger partial charge in [0.1, 0.15) is 11.4 Å². The van der Waals surface area contributed by atoms with Gasteiger partial charge in [-0.05, 0) is 30.3 Å². The van der Waals surface area contributed by atoms with Crippen LogP contribution in [0.3, 0.4) is 0 Å². The number of halogens is 2. The van der Waals surface area contributed by atoms with E-state index in [1.165, 1.54) is 10.7 Å². The molecule has 112 valence electrons. The molecule has 0 atom stereocenters. The number of hydrogen-bond acceptors (Lipinski definition) is 2. The lowest BCUT2D eigenvalue weighted by molar-refractivity contribution is 0.145. The molecule has 3 nitrogen and oxygen atoms in total. The highest BCUT2D eigenvalue weighted by Crippen LogP contribution is 2.28. The van der Waals surface area contributed by atoms with Crippen molar-refractivity contribution in [1.82, 2.24) is 9.78 Å². The lowest BCUT2D eigenvalue weighted by atomic mass is 10.1. The third-order valence-electron chi connectivity index (χ3n) is 3.34. The largest absolute Gasteiger partial charge is 0.497 e. The molecule has 1 aromatic heterocycles. The number of rotatable bonds is 4. The Bertz CT molecular complexity index is 752. The Balaban J connectivity index is 2.12. The molecule has 0 amide bonds. The first-order valence-electron chi connectivity index (χ1n) is 6.77. The summed E-state index contributed by atoms with van der Waals surface area (Å²) in [6.07, 6.45) is -2.61. The van der Waals surface area contributed by atoms with Crippen molar-refractivity contribution in [1.29, 1.82) is 0 Å². The Hall–Kier alpha value is -2.69. The van der Waals surface area contributed by atoms with Crippen LogP contribution in [-0.2, 0) is 0 Å². The van der Waals surface area contributed by atoms with E-state index in [1.54, 1.807) is 31.4 Å². The van der Waals surface area contributed by atoms with Crippen LogP contribution in [0.25, 0.3) is 16.9 Å². The van der Waals surface area contributed by atoms with Crippen molar-refractivity contribution in [3.05, 3.63) is 66.4 Å². The van der Waals surface area contributed by atoms with Gasteiger partial charge in [0.15, 0.2) is 0 Å². The second-order valence-corrected chi connectivity index (χ2v) is 4.73. The van der Waals surface area contributed by atoms with Crippen molar-refractivity contribution in [2.45, 2.75) is 6.43 Å². The second-order valence-electron chi connectivity index (χ2n) is 4.73. The van der Waals surface area contributed by atoms with E-state index in [2.05, 4.69) is 5.10 Å². The molecule has 3 aromatic rings. The van der Waals surface area contributed by atoms with Gasteiger partial charge in [0, 0.05) is 5.56 Å². The van der Waals surface area contributed by atoms with Crippen LogP contribution in [0.15, 0.2) is 60.7 Å². The van der Waals surface area contributed by atoms with Crippen LogP contribution in [-0.4, -0.2) is 16.9 Å². The van der Waals surface area contributed by atoms with Gasteiger partial charge in [-0.3, -0.25) is 0 Å². The SMILES string of the molecule is COc1ccc(-n2nc(C(F)F)cc2-c2ccccc2)cc1. The second kappa shape index (κ2) is 5.97. The number of aromatic nitrogens is 2. The van der Waals surface area contributed by atoms with Crippen molar-refractivity contribution in [3.63, 3.8) is 0 Å². The minimum absolute atomic E-state index is 0.241. The minimum atomic E-state index is -2.61. The van der Waals surface area contributed by atoms with Gasteiger partial charge in [-0.15, -0.1) is 0 Å². The van der Waals surface area contributed by atoms with Crippen molar-refractivity contribution in [3.8, 4) is 22.7 Å². The lowest BCUT2D eigenvalue weighted by Gasteiger charge is -2.08. The molecule has 0 aliphatic heterocycles. The van der Waals surface area contributed by atoms with Crippen LogP contribution in [0.4, 0.5) is 8.78 Å². The Morgan fingerprint density at radius 3 is 2.27 bits per heavy atom. The third-order valence-corrected chi connectivity index (χ3v) is 3.34. The standard InChI is InChI=1S/C17H14F2N2O/c1-22-14-9-7-13(8-10-14)21-16(11-15(20-21)17(18)19)12-5-3-2-4-6-12/h2-11,17H,1H3. The first-order valence-corrected chi connectivity index (χ1v) is 6.77. The molecule has 1 heterocycles. The van der Waals surface area contributed by atoms with Gasteiger partial charge in [-0.1, -0.05) is 30.3 Å². The number of alkyl halides is 2. The predicted molar refractivity (Wildman–Crippen MR) is 80.5 cm³/mol. The average molecular weight is 300 g/mol. The Labute approximate surface area is 126 Å². The zero-order valence-electron chi connectivity index (χ0n) is 11.9. The molecule has 0 saturated carbocycles. The molecule has 2 aromatic carbocycles. The van der Waals surface area contributed by atoms with Gasteiger partial charge >= 0.3 is 0 Å². The summed E-state index contributed by atoms with van der Waals surface area (Å²) in [5.41, 5.74) is 1.92. The quantitative estimate of drug-likeness (QED) is 0.710. The van der Waals surface area contributed by atoms with Crippen LogP contribution >= 0.6 is 0 Å². The summed E-state index contributed by atoms with van der Waals surface area (Å²) in [5, 5.41) is 4.04. The molecule has 0 aliphatic rings. The number of nitrogens with zero attached hydrogens (tertiary/aromatic N) is 2. The monoisotopic (exact) mass is 300 g/mol. The van der Waals surface area contributed by atoms with Crippen LogP contribution in [0.1, 0.15) is 12.1 Å².